The smallest absolute Gasteiger partial charge is 0.168 e. The number of aryl methyl sites for hydroxylation is 1. The Morgan fingerprint density at radius 3 is 2.95 bits per heavy atom. The molecular weight excluding hydrogens is 316 g/mol. The molecule has 22 heavy (non-hydrogen) atoms. The highest BCUT2D eigenvalue weighted by atomic mass is 32.2. The van der Waals surface area contributed by atoms with Crippen molar-refractivity contribution in [3.63, 3.8) is 0 Å². The SMILES string of the molecule is Cn1ccnc1SCC(O)=C(C#N)c1nc2ccccc2s1. The normalized spacial score (nSPS) is 12.2. The molecule has 3 rings (SSSR count). The first-order valence-corrected chi connectivity index (χ1v) is 8.27. The number of imidazole rings is 1. The lowest BCUT2D eigenvalue weighted by Gasteiger charge is -2.02. The fourth-order valence-electron chi connectivity index (χ4n) is 1.91. The molecule has 0 amide bonds. The van der Waals surface area contributed by atoms with E-state index in [1.54, 1.807) is 6.20 Å². The highest BCUT2D eigenvalue weighted by Gasteiger charge is 2.14. The average Bonchev–Trinajstić information content (AvgIpc) is 3.11. The van der Waals surface area contributed by atoms with Crippen molar-refractivity contribution in [2.45, 2.75) is 5.16 Å². The van der Waals surface area contributed by atoms with Gasteiger partial charge in [0.1, 0.15) is 22.4 Å². The number of nitrogens with zero attached hydrogens (tertiary/aromatic N) is 4. The quantitative estimate of drug-likeness (QED) is 0.450. The van der Waals surface area contributed by atoms with E-state index in [1.807, 2.05) is 42.1 Å². The lowest BCUT2D eigenvalue weighted by atomic mass is 10.2. The van der Waals surface area contributed by atoms with Gasteiger partial charge in [-0.25, -0.2) is 9.97 Å². The van der Waals surface area contributed by atoms with E-state index in [1.165, 1.54) is 23.1 Å². The lowest BCUT2D eigenvalue weighted by Crippen LogP contribution is -1.95. The molecule has 2 heterocycles. The van der Waals surface area contributed by atoms with Gasteiger partial charge in [-0.2, -0.15) is 5.26 Å². The zero-order valence-electron chi connectivity index (χ0n) is 11.7. The Bertz CT molecular complexity index is 855. The number of hydrogen-bond acceptors (Lipinski definition) is 6. The zero-order valence-corrected chi connectivity index (χ0v) is 13.4. The van der Waals surface area contributed by atoms with E-state index in [0.29, 0.717) is 5.01 Å². The van der Waals surface area contributed by atoms with Crippen molar-refractivity contribution in [1.82, 2.24) is 14.5 Å². The summed E-state index contributed by atoms with van der Waals surface area (Å²) in [5.74, 6) is 0.304. The molecule has 0 radical (unpaired) electrons. The van der Waals surface area contributed by atoms with Gasteiger partial charge < -0.3 is 9.67 Å². The van der Waals surface area contributed by atoms with Crippen molar-refractivity contribution >= 4 is 38.9 Å². The van der Waals surface area contributed by atoms with Crippen LogP contribution in [0.15, 0.2) is 47.6 Å². The fourth-order valence-corrected chi connectivity index (χ4v) is 3.70. The topological polar surface area (TPSA) is 74.7 Å². The number of hydrogen-bond donors (Lipinski definition) is 1. The van der Waals surface area contributed by atoms with Crippen LogP contribution in [0, 0.1) is 11.3 Å². The predicted molar refractivity (Wildman–Crippen MR) is 88.7 cm³/mol. The van der Waals surface area contributed by atoms with Crippen LogP contribution in [0.5, 0.6) is 0 Å². The first-order chi connectivity index (χ1) is 10.7. The van der Waals surface area contributed by atoms with Crippen LogP contribution in [-0.2, 0) is 7.05 Å². The molecule has 7 heteroatoms. The number of aliphatic hydroxyl groups is 1. The van der Waals surface area contributed by atoms with E-state index in [0.717, 1.165) is 15.4 Å². The molecule has 0 unspecified atom stereocenters. The maximum absolute atomic E-state index is 10.2. The van der Waals surface area contributed by atoms with E-state index < -0.39 is 0 Å². The van der Waals surface area contributed by atoms with E-state index in [4.69, 9.17) is 0 Å². The number of allylic oxidation sites excluding steroid dienone is 1. The standard InChI is InChI=1S/C15H12N4OS2/c1-19-7-6-17-15(19)21-9-12(20)10(8-16)14-18-11-4-2-3-5-13(11)22-14/h2-7,20H,9H2,1H3. The number of benzene rings is 1. The Morgan fingerprint density at radius 2 is 2.27 bits per heavy atom. The van der Waals surface area contributed by atoms with Crippen LogP contribution in [0.4, 0.5) is 0 Å². The molecule has 0 spiro atoms. The molecule has 0 atom stereocenters. The highest BCUT2D eigenvalue weighted by molar-refractivity contribution is 7.99. The van der Waals surface area contributed by atoms with Crippen LogP contribution in [-0.4, -0.2) is 25.4 Å². The summed E-state index contributed by atoms with van der Waals surface area (Å²) in [6.07, 6.45) is 3.53. The highest BCUT2D eigenvalue weighted by Crippen LogP contribution is 2.29. The molecule has 0 fully saturated rings. The van der Waals surface area contributed by atoms with Crippen molar-refractivity contribution in [3.8, 4) is 6.07 Å². The summed E-state index contributed by atoms with van der Waals surface area (Å²) >= 11 is 2.78. The second-order valence-electron chi connectivity index (χ2n) is 4.53. The predicted octanol–water partition coefficient (Wildman–Crippen LogP) is 3.61. The van der Waals surface area contributed by atoms with Gasteiger partial charge in [-0.3, -0.25) is 0 Å². The van der Waals surface area contributed by atoms with E-state index in [9.17, 15) is 10.4 Å². The molecule has 1 aromatic carbocycles. The van der Waals surface area contributed by atoms with Crippen molar-refractivity contribution < 1.29 is 5.11 Å². The average molecular weight is 328 g/mol. The summed E-state index contributed by atoms with van der Waals surface area (Å²) in [7, 11) is 1.88. The Kier molecular flexibility index (Phi) is 4.13. The number of nitriles is 1. The van der Waals surface area contributed by atoms with Gasteiger partial charge in [0.15, 0.2) is 5.16 Å². The van der Waals surface area contributed by atoms with Gasteiger partial charge in [-0.05, 0) is 12.1 Å². The molecule has 0 saturated heterocycles. The van der Waals surface area contributed by atoms with Crippen LogP contribution in [0.1, 0.15) is 5.01 Å². The molecule has 5 nitrogen and oxygen atoms in total. The van der Waals surface area contributed by atoms with Crippen LogP contribution < -0.4 is 0 Å². The summed E-state index contributed by atoms with van der Waals surface area (Å²) in [5, 5.41) is 20.9. The Balaban J connectivity index is 1.88. The second kappa shape index (κ2) is 6.22. The van der Waals surface area contributed by atoms with Gasteiger partial charge in [0, 0.05) is 19.4 Å². The minimum Gasteiger partial charge on any atom is -0.510 e. The minimum absolute atomic E-state index is 0.0227. The molecule has 0 aliphatic rings. The number of aromatic nitrogens is 3. The van der Waals surface area contributed by atoms with E-state index in [-0.39, 0.29) is 17.1 Å². The third-order valence-electron chi connectivity index (χ3n) is 3.02. The molecule has 2 aromatic heterocycles. The molecule has 3 aromatic rings. The summed E-state index contributed by atoms with van der Waals surface area (Å²) < 4.78 is 2.86. The van der Waals surface area contributed by atoms with Gasteiger partial charge in [0.25, 0.3) is 0 Å². The second-order valence-corrected chi connectivity index (χ2v) is 6.50. The summed E-state index contributed by atoms with van der Waals surface area (Å²) in [5.41, 5.74) is 1.06. The molecule has 1 N–H and O–H groups in total. The first-order valence-electron chi connectivity index (χ1n) is 6.47. The van der Waals surface area contributed by atoms with E-state index in [2.05, 4.69) is 16.0 Å². The van der Waals surface area contributed by atoms with Gasteiger partial charge in [-0.1, -0.05) is 23.9 Å². The Labute approximate surface area is 135 Å². The maximum atomic E-state index is 10.2. The molecule has 110 valence electrons. The summed E-state index contributed by atoms with van der Waals surface area (Å²) in [4.78, 5) is 8.59. The van der Waals surface area contributed by atoms with Gasteiger partial charge in [-0.15, -0.1) is 11.3 Å². The Morgan fingerprint density at radius 1 is 1.45 bits per heavy atom. The first kappa shape index (κ1) is 14.6. The van der Waals surface area contributed by atoms with Crippen LogP contribution >= 0.6 is 23.1 Å². The number of thioether (sulfide) groups is 1. The van der Waals surface area contributed by atoms with Gasteiger partial charge in [0.05, 0.1) is 16.0 Å². The van der Waals surface area contributed by atoms with Crippen molar-refractivity contribution in [1.29, 1.82) is 5.26 Å². The number of thiazole rings is 1. The molecule has 0 bridgehead atoms. The lowest BCUT2D eigenvalue weighted by molar-refractivity contribution is 0.420. The number of aliphatic hydroxyl groups excluding tert-OH is 1. The fraction of sp³-hybridized carbons (Fsp3) is 0.133. The molecule has 0 aliphatic heterocycles. The maximum Gasteiger partial charge on any atom is 0.168 e. The monoisotopic (exact) mass is 328 g/mol. The molecule has 0 aliphatic carbocycles. The minimum atomic E-state index is 0.0227. The van der Waals surface area contributed by atoms with Crippen LogP contribution in [0.2, 0.25) is 0 Å². The third-order valence-corrected chi connectivity index (χ3v) is 5.15. The van der Waals surface area contributed by atoms with Crippen molar-refractivity contribution in [2.75, 3.05) is 5.75 Å². The summed E-state index contributed by atoms with van der Waals surface area (Å²) in [6, 6.07) is 9.73. The zero-order chi connectivity index (χ0) is 15.5. The molecule has 0 saturated carbocycles. The van der Waals surface area contributed by atoms with Crippen molar-refractivity contribution in [2.24, 2.45) is 7.05 Å². The number of rotatable bonds is 4. The Hall–Kier alpha value is -2.30. The summed E-state index contributed by atoms with van der Waals surface area (Å²) in [6.45, 7) is 0. The number of fused-ring (bicyclic) bond motifs is 1. The van der Waals surface area contributed by atoms with Gasteiger partial charge >= 0.3 is 0 Å². The van der Waals surface area contributed by atoms with E-state index >= 15 is 0 Å². The largest absolute Gasteiger partial charge is 0.510 e. The van der Waals surface area contributed by atoms with Crippen LogP contribution in [0.25, 0.3) is 15.8 Å². The van der Waals surface area contributed by atoms with Crippen molar-refractivity contribution in [3.05, 3.63) is 47.4 Å². The van der Waals surface area contributed by atoms with Gasteiger partial charge in [0.2, 0.25) is 0 Å². The molecular formula is C15H12N4OS2. The number of para-hydroxylation sites is 1. The van der Waals surface area contributed by atoms with Crippen LogP contribution in [0.3, 0.4) is 0 Å². The third kappa shape index (κ3) is 2.84.